The molecular formula is C21H31F3N4O2. The van der Waals surface area contributed by atoms with Gasteiger partial charge in [0.05, 0.1) is 11.8 Å². The van der Waals surface area contributed by atoms with Crippen molar-refractivity contribution in [3.63, 3.8) is 0 Å². The van der Waals surface area contributed by atoms with E-state index >= 15 is 0 Å². The summed E-state index contributed by atoms with van der Waals surface area (Å²) >= 11 is 0. The smallest absolute Gasteiger partial charge is 0.246 e. The molecule has 1 fully saturated rings. The Balaban J connectivity index is 1.96. The third-order valence-corrected chi connectivity index (χ3v) is 4.86. The van der Waals surface area contributed by atoms with Gasteiger partial charge in [-0.05, 0) is 37.3 Å². The van der Waals surface area contributed by atoms with Gasteiger partial charge < -0.3 is 20.7 Å². The molecule has 1 saturated heterocycles. The Labute approximate surface area is 175 Å². The number of anilines is 1. The minimum Gasteiger partial charge on any atom is -0.377 e. The lowest BCUT2D eigenvalue weighted by molar-refractivity contribution is -0.114. The minimum atomic E-state index is -1.63. The summed E-state index contributed by atoms with van der Waals surface area (Å²) in [5.41, 5.74) is -0.421. The van der Waals surface area contributed by atoms with Gasteiger partial charge in [0.2, 0.25) is 5.91 Å². The van der Waals surface area contributed by atoms with E-state index in [4.69, 9.17) is 4.74 Å². The van der Waals surface area contributed by atoms with Crippen LogP contribution in [0.2, 0.25) is 0 Å². The number of amides is 1. The van der Waals surface area contributed by atoms with E-state index in [1.807, 2.05) is 6.92 Å². The van der Waals surface area contributed by atoms with Gasteiger partial charge in [-0.2, -0.15) is 0 Å². The summed E-state index contributed by atoms with van der Waals surface area (Å²) in [6.07, 6.45) is 2.14. The molecule has 1 amide bonds. The van der Waals surface area contributed by atoms with Gasteiger partial charge in [-0.1, -0.05) is 20.8 Å². The van der Waals surface area contributed by atoms with Gasteiger partial charge in [-0.3, -0.25) is 4.79 Å². The molecule has 0 saturated carbocycles. The first-order valence-electron chi connectivity index (χ1n) is 10.2. The fraction of sp³-hybridized carbons (Fsp3) is 0.619. The molecule has 1 aromatic carbocycles. The molecule has 2 atom stereocenters. The number of ether oxygens (including phenoxy) is 1. The molecule has 0 radical (unpaired) electrons. The Bertz CT molecular complexity index is 765. The molecule has 0 aliphatic carbocycles. The van der Waals surface area contributed by atoms with Crippen molar-refractivity contribution in [3.05, 3.63) is 29.6 Å². The molecule has 9 heteroatoms. The molecule has 3 N–H and O–H groups in total. The highest BCUT2D eigenvalue weighted by molar-refractivity contribution is 5.94. The number of nitrogens with one attached hydrogen (secondary N) is 3. The SMILES string of the molecule is CCNC(=NCC(=O)Nc1ccc(F)c(F)c1F)NCC1CCCOC1C(C)(C)C. The maximum atomic E-state index is 13.7. The van der Waals surface area contributed by atoms with Crippen molar-refractivity contribution in [2.75, 3.05) is 31.6 Å². The van der Waals surface area contributed by atoms with Crippen LogP contribution in [0, 0.1) is 28.8 Å². The Kier molecular flexibility index (Phi) is 8.52. The number of carbonyl (C=O) groups is 1. The Morgan fingerprint density at radius 3 is 2.60 bits per heavy atom. The van der Waals surface area contributed by atoms with Crippen LogP contribution in [0.4, 0.5) is 18.9 Å². The summed E-state index contributed by atoms with van der Waals surface area (Å²) in [7, 11) is 0. The molecule has 0 bridgehead atoms. The van der Waals surface area contributed by atoms with E-state index in [1.54, 1.807) is 0 Å². The van der Waals surface area contributed by atoms with Crippen LogP contribution in [0.5, 0.6) is 0 Å². The molecule has 6 nitrogen and oxygen atoms in total. The van der Waals surface area contributed by atoms with E-state index in [2.05, 4.69) is 41.7 Å². The third-order valence-electron chi connectivity index (χ3n) is 4.86. The number of aliphatic imine (C=N–C) groups is 1. The summed E-state index contributed by atoms with van der Waals surface area (Å²) in [5, 5.41) is 8.50. The van der Waals surface area contributed by atoms with Gasteiger partial charge in [-0.15, -0.1) is 0 Å². The lowest BCUT2D eigenvalue weighted by Gasteiger charge is -2.40. The molecule has 168 valence electrons. The van der Waals surface area contributed by atoms with Crippen LogP contribution in [0.1, 0.15) is 40.5 Å². The number of hydrogen-bond acceptors (Lipinski definition) is 3. The van der Waals surface area contributed by atoms with E-state index in [0.29, 0.717) is 25.0 Å². The molecule has 1 aliphatic rings. The van der Waals surface area contributed by atoms with Crippen LogP contribution in [-0.2, 0) is 9.53 Å². The number of hydrogen-bond donors (Lipinski definition) is 3. The molecular weight excluding hydrogens is 397 g/mol. The third kappa shape index (κ3) is 6.62. The summed E-state index contributed by atoms with van der Waals surface area (Å²) in [6, 6.07) is 1.72. The van der Waals surface area contributed by atoms with Crippen LogP contribution in [0.3, 0.4) is 0 Å². The van der Waals surface area contributed by atoms with Crippen molar-refractivity contribution in [3.8, 4) is 0 Å². The van der Waals surface area contributed by atoms with Gasteiger partial charge >= 0.3 is 0 Å². The summed E-state index contributed by atoms with van der Waals surface area (Å²) < 4.78 is 46.0. The van der Waals surface area contributed by atoms with Gasteiger partial charge in [0.15, 0.2) is 23.4 Å². The molecule has 0 spiro atoms. The first-order chi connectivity index (χ1) is 14.1. The maximum absolute atomic E-state index is 13.7. The van der Waals surface area contributed by atoms with Crippen LogP contribution >= 0.6 is 0 Å². The second-order valence-corrected chi connectivity index (χ2v) is 8.41. The zero-order chi connectivity index (χ0) is 22.3. The monoisotopic (exact) mass is 428 g/mol. The Morgan fingerprint density at radius 2 is 1.93 bits per heavy atom. The van der Waals surface area contributed by atoms with Crippen LogP contribution in [0.25, 0.3) is 0 Å². The molecule has 2 rings (SSSR count). The van der Waals surface area contributed by atoms with Gasteiger partial charge in [0.25, 0.3) is 0 Å². The topological polar surface area (TPSA) is 74.8 Å². The zero-order valence-corrected chi connectivity index (χ0v) is 17.9. The lowest BCUT2D eigenvalue weighted by Crippen LogP contribution is -2.47. The molecule has 0 aromatic heterocycles. The summed E-state index contributed by atoms with van der Waals surface area (Å²) in [4.78, 5) is 16.3. The molecule has 1 aromatic rings. The first kappa shape index (κ1) is 24.0. The molecule has 30 heavy (non-hydrogen) atoms. The van der Waals surface area contributed by atoms with E-state index in [9.17, 15) is 18.0 Å². The van der Waals surface area contributed by atoms with E-state index in [0.717, 1.165) is 31.6 Å². The number of nitrogens with zero attached hydrogens (tertiary/aromatic N) is 1. The summed E-state index contributed by atoms with van der Waals surface area (Å²) in [5.74, 6) is -4.30. The number of benzene rings is 1. The van der Waals surface area contributed by atoms with E-state index < -0.39 is 29.0 Å². The van der Waals surface area contributed by atoms with E-state index in [-0.39, 0.29) is 18.1 Å². The van der Waals surface area contributed by atoms with Gasteiger partial charge in [-0.25, -0.2) is 18.2 Å². The number of carbonyl (C=O) groups excluding carboxylic acids is 1. The van der Waals surface area contributed by atoms with Crippen LogP contribution in [0.15, 0.2) is 17.1 Å². The molecule has 1 heterocycles. The van der Waals surface area contributed by atoms with Crippen molar-refractivity contribution < 1.29 is 22.7 Å². The average molecular weight is 428 g/mol. The van der Waals surface area contributed by atoms with Gasteiger partial charge in [0, 0.05) is 25.6 Å². The highest BCUT2D eigenvalue weighted by Crippen LogP contribution is 2.33. The Hall–Kier alpha value is -2.29. The van der Waals surface area contributed by atoms with Crippen molar-refractivity contribution in [1.82, 2.24) is 10.6 Å². The highest BCUT2D eigenvalue weighted by atomic mass is 19.2. The standard InChI is InChI=1S/C21H31F3N4O2/c1-5-25-20(26-11-13-7-6-10-30-19(13)21(2,3)4)27-12-16(29)28-15-9-8-14(22)17(23)18(15)24/h8-9,13,19H,5-7,10-12H2,1-4H3,(H,28,29)(H2,25,26,27). The second kappa shape index (κ2) is 10.7. The van der Waals surface area contributed by atoms with Crippen molar-refractivity contribution in [2.45, 2.75) is 46.6 Å². The number of guanidine groups is 1. The van der Waals surface area contributed by atoms with Crippen molar-refractivity contribution in [1.29, 1.82) is 0 Å². The normalized spacial score (nSPS) is 20.0. The lowest BCUT2D eigenvalue weighted by atomic mass is 9.78. The largest absolute Gasteiger partial charge is 0.377 e. The molecule has 2 unspecified atom stereocenters. The maximum Gasteiger partial charge on any atom is 0.246 e. The van der Waals surface area contributed by atoms with Crippen molar-refractivity contribution >= 4 is 17.6 Å². The van der Waals surface area contributed by atoms with Crippen LogP contribution < -0.4 is 16.0 Å². The summed E-state index contributed by atoms with van der Waals surface area (Å²) in [6.45, 7) is 10.0. The number of rotatable bonds is 6. The van der Waals surface area contributed by atoms with E-state index in [1.165, 1.54) is 0 Å². The minimum absolute atomic E-state index is 0.0106. The Morgan fingerprint density at radius 1 is 1.20 bits per heavy atom. The predicted octanol–water partition coefficient (Wildman–Crippen LogP) is 3.44. The fourth-order valence-corrected chi connectivity index (χ4v) is 3.54. The second-order valence-electron chi connectivity index (χ2n) is 8.41. The molecule has 1 aliphatic heterocycles. The fourth-order valence-electron chi connectivity index (χ4n) is 3.54. The average Bonchev–Trinajstić information content (AvgIpc) is 2.70. The quantitative estimate of drug-likeness (QED) is 0.369. The van der Waals surface area contributed by atoms with Crippen molar-refractivity contribution in [2.24, 2.45) is 16.3 Å². The van der Waals surface area contributed by atoms with Crippen LogP contribution in [-0.4, -0.2) is 44.2 Å². The highest BCUT2D eigenvalue weighted by Gasteiger charge is 2.35. The predicted molar refractivity (Wildman–Crippen MR) is 111 cm³/mol. The number of halogens is 3. The zero-order valence-electron chi connectivity index (χ0n) is 17.9. The first-order valence-corrected chi connectivity index (χ1v) is 10.2. The van der Waals surface area contributed by atoms with Gasteiger partial charge in [0.1, 0.15) is 6.54 Å².